The van der Waals surface area contributed by atoms with Gasteiger partial charge in [-0.15, -0.1) is 0 Å². The minimum Gasteiger partial charge on any atom is -0.479 e. The van der Waals surface area contributed by atoms with Crippen molar-refractivity contribution in [3.8, 4) is 0 Å². The number of fused-ring (bicyclic) bond motifs is 1. The zero-order chi connectivity index (χ0) is 17.3. The average Bonchev–Trinajstić information content (AvgIpc) is 3.18. The van der Waals surface area contributed by atoms with E-state index < -0.39 is 18.2 Å². The quantitative estimate of drug-likeness (QED) is 0.838. The Morgan fingerprint density at radius 1 is 1.17 bits per heavy atom. The zero-order valence-electron chi connectivity index (χ0n) is 13.4. The number of amides is 1. The van der Waals surface area contributed by atoms with Gasteiger partial charge in [-0.3, -0.25) is 9.59 Å². The lowest BCUT2D eigenvalue weighted by atomic mass is 10.0. The van der Waals surface area contributed by atoms with E-state index >= 15 is 0 Å². The Labute approximate surface area is 139 Å². The summed E-state index contributed by atoms with van der Waals surface area (Å²) in [5, 5.41) is 8.85. The van der Waals surface area contributed by atoms with E-state index in [9.17, 15) is 18.8 Å². The number of rotatable bonds is 5. The van der Waals surface area contributed by atoms with Crippen molar-refractivity contribution < 1.29 is 23.9 Å². The van der Waals surface area contributed by atoms with Crippen LogP contribution in [-0.4, -0.2) is 46.4 Å². The van der Waals surface area contributed by atoms with Crippen molar-refractivity contribution in [2.45, 2.75) is 44.2 Å². The Balaban J connectivity index is 1.55. The lowest BCUT2D eigenvalue weighted by Gasteiger charge is -2.17. The largest absolute Gasteiger partial charge is 0.479 e. The van der Waals surface area contributed by atoms with Crippen LogP contribution >= 0.6 is 0 Å². The smallest absolute Gasteiger partial charge is 0.343 e. The van der Waals surface area contributed by atoms with E-state index in [4.69, 9.17) is 5.11 Å². The van der Waals surface area contributed by atoms with Crippen LogP contribution in [-0.2, 0) is 22.4 Å². The van der Waals surface area contributed by atoms with Gasteiger partial charge in [-0.1, -0.05) is 12.1 Å². The van der Waals surface area contributed by atoms with Crippen LogP contribution in [0.3, 0.4) is 0 Å². The molecule has 1 amide bonds. The molecule has 1 atom stereocenters. The Bertz CT molecular complexity index is 702. The number of carbonyl (C=O) groups excluding carboxylic acids is 2. The number of benzene rings is 1. The molecular formula is C18H20FNO4. The van der Waals surface area contributed by atoms with Crippen molar-refractivity contribution in [3.05, 3.63) is 34.9 Å². The van der Waals surface area contributed by atoms with Crippen molar-refractivity contribution in [1.29, 1.82) is 0 Å². The van der Waals surface area contributed by atoms with E-state index in [-0.39, 0.29) is 37.5 Å². The third kappa shape index (κ3) is 3.18. The van der Waals surface area contributed by atoms with E-state index in [1.54, 1.807) is 6.07 Å². The minimum atomic E-state index is -2.36. The van der Waals surface area contributed by atoms with Gasteiger partial charge in [-0.05, 0) is 36.5 Å². The number of Topliss-reactive ketones (excluding diaryl/α,β-unsaturated/α-hetero) is 1. The molecule has 6 heteroatoms. The Kier molecular flexibility index (Phi) is 4.39. The molecule has 0 bridgehead atoms. The number of carbonyl (C=O) groups is 3. The van der Waals surface area contributed by atoms with Crippen molar-refractivity contribution in [2.75, 3.05) is 13.1 Å². The molecule has 1 aliphatic carbocycles. The van der Waals surface area contributed by atoms with Crippen LogP contribution in [0.2, 0.25) is 0 Å². The van der Waals surface area contributed by atoms with Gasteiger partial charge < -0.3 is 10.0 Å². The monoisotopic (exact) mass is 333 g/mol. The van der Waals surface area contributed by atoms with E-state index in [1.165, 1.54) is 16.0 Å². The second kappa shape index (κ2) is 6.34. The summed E-state index contributed by atoms with van der Waals surface area (Å²) in [6, 6.07) is 5.67. The van der Waals surface area contributed by atoms with Gasteiger partial charge in [-0.2, -0.15) is 0 Å². The van der Waals surface area contributed by atoms with E-state index in [0.717, 1.165) is 19.3 Å². The number of carboxylic acid groups (broad SMARTS) is 1. The lowest BCUT2D eigenvalue weighted by molar-refractivity contribution is -0.150. The number of aliphatic carboxylic acids is 1. The third-order valence-corrected chi connectivity index (χ3v) is 4.94. The average molecular weight is 333 g/mol. The van der Waals surface area contributed by atoms with Gasteiger partial charge in [0.1, 0.15) is 0 Å². The van der Waals surface area contributed by atoms with Gasteiger partial charge in [0.2, 0.25) is 11.6 Å². The molecule has 1 unspecified atom stereocenters. The van der Waals surface area contributed by atoms with Gasteiger partial charge in [0, 0.05) is 31.4 Å². The van der Waals surface area contributed by atoms with Crippen LogP contribution in [0.15, 0.2) is 18.2 Å². The maximum Gasteiger partial charge on any atom is 0.343 e. The fourth-order valence-corrected chi connectivity index (χ4v) is 3.43. The van der Waals surface area contributed by atoms with Crippen LogP contribution in [0.1, 0.15) is 47.2 Å². The van der Waals surface area contributed by atoms with Crippen LogP contribution in [0.25, 0.3) is 0 Å². The molecule has 2 aliphatic rings. The Morgan fingerprint density at radius 3 is 2.62 bits per heavy atom. The van der Waals surface area contributed by atoms with Crippen LogP contribution in [0, 0.1) is 0 Å². The minimum absolute atomic E-state index is 0.0222. The Hall–Kier alpha value is -2.24. The third-order valence-electron chi connectivity index (χ3n) is 4.94. The number of nitrogens with zero attached hydrogens (tertiary/aromatic N) is 1. The second-order valence-electron chi connectivity index (χ2n) is 6.60. The Morgan fingerprint density at radius 2 is 1.92 bits per heavy atom. The standard InChI is InChI=1S/C18H20FNO4/c19-18(17(23)24)8-9-20(11-18)16(22)7-6-15(21)14-5-4-12-2-1-3-13(12)10-14/h4-5,10H,1-3,6-9,11H2,(H,23,24). The van der Waals surface area contributed by atoms with Crippen molar-refractivity contribution in [1.82, 2.24) is 4.90 Å². The summed E-state index contributed by atoms with van der Waals surface area (Å²) >= 11 is 0. The predicted octanol–water partition coefficient (Wildman–Crippen LogP) is 2.16. The van der Waals surface area contributed by atoms with E-state index in [0.29, 0.717) is 5.56 Å². The van der Waals surface area contributed by atoms with Crippen molar-refractivity contribution >= 4 is 17.7 Å². The zero-order valence-corrected chi connectivity index (χ0v) is 13.4. The molecule has 0 spiro atoms. The van der Waals surface area contributed by atoms with Crippen LogP contribution in [0.5, 0.6) is 0 Å². The summed E-state index contributed by atoms with van der Waals surface area (Å²) < 4.78 is 14.0. The number of carboxylic acids is 1. The number of hydrogen-bond acceptors (Lipinski definition) is 3. The number of ketones is 1. The maximum absolute atomic E-state index is 14.0. The molecule has 1 aromatic carbocycles. The molecular weight excluding hydrogens is 313 g/mol. The first-order chi connectivity index (χ1) is 11.4. The molecule has 1 aromatic rings. The number of aryl methyl sites for hydroxylation is 2. The normalized spacial score (nSPS) is 22.5. The highest BCUT2D eigenvalue weighted by Crippen LogP contribution is 2.27. The van der Waals surface area contributed by atoms with Crippen molar-refractivity contribution in [2.24, 2.45) is 0 Å². The van der Waals surface area contributed by atoms with Crippen molar-refractivity contribution in [3.63, 3.8) is 0 Å². The molecule has 3 rings (SSSR count). The number of halogens is 1. The summed E-state index contributed by atoms with van der Waals surface area (Å²) in [6.45, 7) is -0.358. The van der Waals surface area contributed by atoms with E-state index in [2.05, 4.69) is 0 Å². The lowest BCUT2D eigenvalue weighted by Crippen LogP contribution is -2.38. The highest BCUT2D eigenvalue weighted by molar-refractivity contribution is 5.98. The van der Waals surface area contributed by atoms with Gasteiger partial charge in [0.05, 0.1) is 6.54 Å². The van der Waals surface area contributed by atoms with Crippen LogP contribution < -0.4 is 0 Å². The maximum atomic E-state index is 14.0. The number of hydrogen-bond donors (Lipinski definition) is 1. The highest BCUT2D eigenvalue weighted by Gasteiger charge is 2.46. The molecule has 0 radical (unpaired) electrons. The molecule has 1 fully saturated rings. The molecule has 1 heterocycles. The predicted molar refractivity (Wildman–Crippen MR) is 84.7 cm³/mol. The first-order valence-electron chi connectivity index (χ1n) is 8.24. The summed E-state index contributed by atoms with van der Waals surface area (Å²) in [5.74, 6) is -2.01. The van der Waals surface area contributed by atoms with Gasteiger partial charge in [-0.25, -0.2) is 9.18 Å². The highest BCUT2D eigenvalue weighted by atomic mass is 19.1. The number of likely N-dealkylation sites (tertiary alicyclic amines) is 1. The SMILES string of the molecule is O=C(CCC(=O)N1CCC(F)(C(=O)O)C1)c1ccc2c(c1)CCC2. The molecule has 1 N–H and O–H groups in total. The molecule has 1 saturated heterocycles. The molecule has 24 heavy (non-hydrogen) atoms. The van der Waals surface area contributed by atoms with Gasteiger partial charge in [0.15, 0.2) is 5.78 Å². The fraction of sp³-hybridized carbons (Fsp3) is 0.500. The molecule has 0 aromatic heterocycles. The number of alkyl halides is 1. The van der Waals surface area contributed by atoms with Gasteiger partial charge in [0.25, 0.3) is 0 Å². The van der Waals surface area contributed by atoms with Gasteiger partial charge >= 0.3 is 5.97 Å². The first-order valence-corrected chi connectivity index (χ1v) is 8.24. The summed E-state index contributed by atoms with van der Waals surface area (Å²) in [7, 11) is 0. The first kappa shape index (κ1) is 16.6. The summed E-state index contributed by atoms with van der Waals surface area (Å²) in [5.41, 5.74) is 0.734. The summed E-state index contributed by atoms with van der Waals surface area (Å²) in [4.78, 5) is 36.4. The molecule has 1 aliphatic heterocycles. The van der Waals surface area contributed by atoms with E-state index in [1.807, 2.05) is 12.1 Å². The second-order valence-corrected chi connectivity index (χ2v) is 6.60. The molecule has 5 nitrogen and oxygen atoms in total. The summed E-state index contributed by atoms with van der Waals surface area (Å²) in [6.07, 6.45) is 2.97. The topological polar surface area (TPSA) is 74.7 Å². The fourth-order valence-electron chi connectivity index (χ4n) is 3.43. The van der Waals surface area contributed by atoms with Crippen LogP contribution in [0.4, 0.5) is 4.39 Å². The molecule has 0 saturated carbocycles. The molecule has 128 valence electrons.